The molecule has 5 nitrogen and oxygen atoms in total. The molecule has 0 spiro atoms. The number of aliphatic hydroxyl groups is 1. The normalized spacial score (nSPS) is 14.9. The highest BCUT2D eigenvalue weighted by Gasteiger charge is 2.19. The van der Waals surface area contributed by atoms with Gasteiger partial charge in [0, 0.05) is 26.7 Å². The Bertz CT molecular complexity index is 460. The Morgan fingerprint density at radius 1 is 1.42 bits per heavy atom. The monoisotopic (exact) mass is 263 g/mol. The van der Waals surface area contributed by atoms with E-state index < -0.39 is 0 Å². The van der Waals surface area contributed by atoms with Gasteiger partial charge in [0.1, 0.15) is 0 Å². The molecular formula is C14H21N3O2. The first-order chi connectivity index (χ1) is 9.09. The fourth-order valence-corrected chi connectivity index (χ4v) is 2.14. The maximum absolute atomic E-state index is 12.4. The molecule has 1 unspecified atom stereocenters. The Kier molecular flexibility index (Phi) is 4.27. The second-order valence-corrected chi connectivity index (χ2v) is 4.95. The summed E-state index contributed by atoms with van der Waals surface area (Å²) in [4.78, 5) is 14.1. The first-order valence-corrected chi connectivity index (χ1v) is 6.64. The van der Waals surface area contributed by atoms with Gasteiger partial charge in [-0.15, -0.1) is 0 Å². The molecule has 1 aliphatic rings. The van der Waals surface area contributed by atoms with E-state index in [9.17, 15) is 9.90 Å². The molecule has 0 saturated heterocycles. The number of benzene rings is 1. The van der Waals surface area contributed by atoms with E-state index in [0.29, 0.717) is 18.5 Å². The van der Waals surface area contributed by atoms with Crippen molar-refractivity contribution in [2.45, 2.75) is 19.4 Å². The molecule has 2 rings (SSSR count). The van der Waals surface area contributed by atoms with Crippen molar-refractivity contribution in [1.82, 2.24) is 4.90 Å². The molecule has 1 amide bonds. The molecule has 1 aromatic carbocycles. The van der Waals surface area contributed by atoms with Gasteiger partial charge in [-0.3, -0.25) is 4.79 Å². The predicted octanol–water partition coefficient (Wildman–Crippen LogP) is 1.37. The lowest BCUT2D eigenvalue weighted by atomic mass is 10.1. The standard InChI is InChI=1S/C14H21N3O2/c1-10(18)6-9-17(2)14(19)11-4-3-5-12-13(11)16-8-7-15-12/h3-5,10,15-16,18H,6-9H2,1-2H3. The zero-order valence-corrected chi connectivity index (χ0v) is 11.4. The maximum Gasteiger partial charge on any atom is 0.255 e. The molecule has 1 atom stereocenters. The van der Waals surface area contributed by atoms with Gasteiger partial charge in [0.15, 0.2) is 0 Å². The van der Waals surface area contributed by atoms with E-state index in [1.54, 1.807) is 18.9 Å². The van der Waals surface area contributed by atoms with Crippen LogP contribution in [0.15, 0.2) is 18.2 Å². The zero-order valence-electron chi connectivity index (χ0n) is 11.4. The minimum Gasteiger partial charge on any atom is -0.393 e. The van der Waals surface area contributed by atoms with Crippen molar-refractivity contribution < 1.29 is 9.90 Å². The van der Waals surface area contributed by atoms with E-state index in [2.05, 4.69) is 10.6 Å². The van der Waals surface area contributed by atoms with Gasteiger partial charge >= 0.3 is 0 Å². The third kappa shape index (κ3) is 3.17. The van der Waals surface area contributed by atoms with Crippen LogP contribution in [0.5, 0.6) is 0 Å². The number of amides is 1. The van der Waals surface area contributed by atoms with E-state index in [1.165, 1.54) is 0 Å². The summed E-state index contributed by atoms with van der Waals surface area (Å²) < 4.78 is 0. The van der Waals surface area contributed by atoms with Gasteiger partial charge < -0.3 is 20.6 Å². The van der Waals surface area contributed by atoms with Gasteiger partial charge in [-0.1, -0.05) is 6.07 Å². The number of rotatable bonds is 4. The summed E-state index contributed by atoms with van der Waals surface area (Å²) in [6, 6.07) is 5.68. The molecule has 0 aromatic heterocycles. The highest BCUT2D eigenvalue weighted by Crippen LogP contribution is 2.29. The summed E-state index contributed by atoms with van der Waals surface area (Å²) >= 11 is 0. The minimum absolute atomic E-state index is 0.0197. The molecule has 5 heteroatoms. The fraction of sp³-hybridized carbons (Fsp3) is 0.500. The Balaban J connectivity index is 2.15. The summed E-state index contributed by atoms with van der Waals surface area (Å²) in [5.41, 5.74) is 2.53. The largest absolute Gasteiger partial charge is 0.393 e. The van der Waals surface area contributed by atoms with Gasteiger partial charge in [0.05, 0.1) is 23.0 Å². The van der Waals surface area contributed by atoms with Crippen LogP contribution in [0.3, 0.4) is 0 Å². The second-order valence-electron chi connectivity index (χ2n) is 4.95. The number of hydrogen-bond donors (Lipinski definition) is 3. The highest BCUT2D eigenvalue weighted by atomic mass is 16.3. The number of aliphatic hydroxyl groups excluding tert-OH is 1. The summed E-state index contributed by atoms with van der Waals surface area (Å²) in [5, 5.41) is 15.8. The number of fused-ring (bicyclic) bond motifs is 1. The van der Waals surface area contributed by atoms with Crippen molar-refractivity contribution >= 4 is 17.3 Å². The molecule has 1 heterocycles. The molecule has 3 N–H and O–H groups in total. The molecule has 0 aliphatic carbocycles. The van der Waals surface area contributed by atoms with Gasteiger partial charge in [-0.25, -0.2) is 0 Å². The zero-order chi connectivity index (χ0) is 13.8. The smallest absolute Gasteiger partial charge is 0.255 e. The number of anilines is 2. The van der Waals surface area contributed by atoms with Gasteiger partial charge in [-0.05, 0) is 25.5 Å². The van der Waals surface area contributed by atoms with Crippen molar-refractivity contribution in [3.05, 3.63) is 23.8 Å². The summed E-state index contributed by atoms with van der Waals surface area (Å²) in [6.45, 7) is 3.96. The van der Waals surface area contributed by atoms with Crippen molar-refractivity contribution in [1.29, 1.82) is 0 Å². The number of nitrogens with one attached hydrogen (secondary N) is 2. The lowest BCUT2D eigenvalue weighted by Crippen LogP contribution is -2.31. The first-order valence-electron chi connectivity index (χ1n) is 6.64. The van der Waals surface area contributed by atoms with Crippen LogP contribution in [0.4, 0.5) is 11.4 Å². The number of para-hydroxylation sites is 1. The molecule has 0 bridgehead atoms. The minimum atomic E-state index is -0.389. The van der Waals surface area contributed by atoms with Crippen LogP contribution >= 0.6 is 0 Å². The van der Waals surface area contributed by atoms with Crippen molar-refractivity contribution in [2.75, 3.05) is 37.3 Å². The molecule has 0 fully saturated rings. The number of nitrogens with zero attached hydrogens (tertiary/aromatic N) is 1. The predicted molar refractivity (Wildman–Crippen MR) is 76.7 cm³/mol. The van der Waals surface area contributed by atoms with E-state index in [1.807, 2.05) is 18.2 Å². The number of hydrogen-bond acceptors (Lipinski definition) is 4. The second kappa shape index (κ2) is 5.93. The Labute approximate surface area is 113 Å². The van der Waals surface area contributed by atoms with Crippen LogP contribution in [0.1, 0.15) is 23.7 Å². The van der Waals surface area contributed by atoms with Gasteiger partial charge in [0.2, 0.25) is 0 Å². The molecular weight excluding hydrogens is 242 g/mol. The Morgan fingerprint density at radius 2 is 2.16 bits per heavy atom. The van der Waals surface area contributed by atoms with Gasteiger partial charge in [0.25, 0.3) is 5.91 Å². The number of carbonyl (C=O) groups excluding carboxylic acids is 1. The fourth-order valence-electron chi connectivity index (χ4n) is 2.14. The van der Waals surface area contributed by atoms with Crippen LogP contribution in [-0.4, -0.2) is 48.7 Å². The SMILES string of the molecule is CC(O)CCN(C)C(=O)c1cccc2c1NCCN2. The summed E-state index contributed by atoms with van der Waals surface area (Å²) in [5.74, 6) is -0.0197. The van der Waals surface area contributed by atoms with Crippen molar-refractivity contribution in [3.63, 3.8) is 0 Å². The van der Waals surface area contributed by atoms with Crippen LogP contribution in [-0.2, 0) is 0 Å². The Morgan fingerprint density at radius 3 is 2.89 bits per heavy atom. The molecule has 19 heavy (non-hydrogen) atoms. The van der Waals surface area contributed by atoms with Crippen LogP contribution < -0.4 is 10.6 Å². The van der Waals surface area contributed by atoms with E-state index >= 15 is 0 Å². The Hall–Kier alpha value is -1.75. The maximum atomic E-state index is 12.4. The van der Waals surface area contributed by atoms with Crippen LogP contribution in [0.2, 0.25) is 0 Å². The molecule has 0 radical (unpaired) electrons. The molecule has 1 aromatic rings. The van der Waals surface area contributed by atoms with E-state index in [4.69, 9.17) is 0 Å². The first kappa shape index (κ1) is 13.7. The van der Waals surface area contributed by atoms with Crippen LogP contribution in [0, 0.1) is 0 Å². The third-order valence-corrected chi connectivity index (χ3v) is 3.27. The lowest BCUT2D eigenvalue weighted by Gasteiger charge is -2.25. The molecule has 104 valence electrons. The van der Waals surface area contributed by atoms with Crippen molar-refractivity contribution in [3.8, 4) is 0 Å². The summed E-state index contributed by atoms with van der Waals surface area (Å²) in [6.07, 6.45) is 0.197. The average molecular weight is 263 g/mol. The lowest BCUT2D eigenvalue weighted by molar-refractivity contribution is 0.0770. The van der Waals surface area contributed by atoms with E-state index in [-0.39, 0.29) is 12.0 Å². The van der Waals surface area contributed by atoms with Crippen LogP contribution in [0.25, 0.3) is 0 Å². The number of carbonyl (C=O) groups is 1. The topological polar surface area (TPSA) is 64.6 Å². The highest BCUT2D eigenvalue weighted by molar-refractivity contribution is 6.02. The quantitative estimate of drug-likeness (QED) is 0.767. The van der Waals surface area contributed by atoms with Crippen molar-refractivity contribution in [2.24, 2.45) is 0 Å². The third-order valence-electron chi connectivity index (χ3n) is 3.27. The average Bonchev–Trinajstić information content (AvgIpc) is 2.43. The van der Waals surface area contributed by atoms with Gasteiger partial charge in [-0.2, -0.15) is 0 Å². The summed E-state index contributed by atoms with van der Waals surface area (Å²) in [7, 11) is 1.76. The molecule has 1 aliphatic heterocycles. The van der Waals surface area contributed by atoms with E-state index in [0.717, 1.165) is 24.5 Å². The molecule has 0 saturated carbocycles.